The topological polar surface area (TPSA) is 56.8 Å². The number of carbonyl (C=O) groups excluding carboxylic acids is 1. The van der Waals surface area contributed by atoms with Crippen LogP contribution >= 0.6 is 11.6 Å². The van der Waals surface area contributed by atoms with E-state index in [2.05, 4.69) is 5.32 Å². The first kappa shape index (κ1) is 20.6. The largest absolute Gasteiger partial charge is 0.493 e. The maximum Gasteiger partial charge on any atom is 0.258 e. The Morgan fingerprint density at radius 2 is 1.52 bits per heavy atom. The average Bonchev–Trinajstić information content (AvgIpc) is 2.77. The number of methoxy groups -OCH3 is 2. The Labute approximate surface area is 175 Å². The van der Waals surface area contributed by atoms with E-state index in [-0.39, 0.29) is 19.1 Å². The highest BCUT2D eigenvalue weighted by Gasteiger charge is 2.11. The smallest absolute Gasteiger partial charge is 0.258 e. The summed E-state index contributed by atoms with van der Waals surface area (Å²) in [7, 11) is 3.09. The second-order valence-electron chi connectivity index (χ2n) is 6.25. The number of amides is 1. The van der Waals surface area contributed by atoms with Crippen LogP contribution in [-0.4, -0.2) is 26.7 Å². The number of ether oxygens (including phenoxy) is 3. The lowest BCUT2D eigenvalue weighted by Crippen LogP contribution is -2.28. The number of nitrogens with one attached hydrogen (secondary N) is 1. The van der Waals surface area contributed by atoms with Gasteiger partial charge in [-0.1, -0.05) is 54.1 Å². The third-order valence-corrected chi connectivity index (χ3v) is 4.71. The van der Waals surface area contributed by atoms with Crippen LogP contribution in [0.1, 0.15) is 5.56 Å². The molecular weight excluding hydrogens is 390 g/mol. The Bertz CT molecular complexity index is 959. The van der Waals surface area contributed by atoms with Gasteiger partial charge in [-0.2, -0.15) is 0 Å². The molecule has 0 fully saturated rings. The molecule has 0 saturated heterocycles. The number of hydrogen-bond donors (Lipinski definition) is 1. The molecule has 29 heavy (non-hydrogen) atoms. The van der Waals surface area contributed by atoms with Gasteiger partial charge in [-0.15, -0.1) is 0 Å². The standard InChI is InChI=1S/C23H22ClNO4/c1-27-21-12-18(20(24)13-22(21)28-2)14-25-23(26)15-29-19-10-8-17(9-11-19)16-6-4-3-5-7-16/h3-13H,14-15H2,1-2H3,(H,25,26). The molecule has 1 amide bonds. The summed E-state index contributed by atoms with van der Waals surface area (Å²) < 4.78 is 16.0. The summed E-state index contributed by atoms with van der Waals surface area (Å²) in [5.74, 6) is 1.47. The summed E-state index contributed by atoms with van der Waals surface area (Å²) in [6.07, 6.45) is 0. The fourth-order valence-electron chi connectivity index (χ4n) is 2.80. The van der Waals surface area contributed by atoms with Gasteiger partial charge in [0, 0.05) is 17.6 Å². The highest BCUT2D eigenvalue weighted by molar-refractivity contribution is 6.31. The SMILES string of the molecule is COc1cc(Cl)c(CNC(=O)COc2ccc(-c3ccccc3)cc2)cc1OC. The van der Waals surface area contributed by atoms with Gasteiger partial charge in [0.2, 0.25) is 0 Å². The lowest BCUT2D eigenvalue weighted by atomic mass is 10.1. The van der Waals surface area contributed by atoms with Crippen LogP contribution in [0.25, 0.3) is 11.1 Å². The summed E-state index contributed by atoms with van der Waals surface area (Å²) in [6.45, 7) is 0.171. The van der Waals surface area contributed by atoms with E-state index >= 15 is 0 Å². The molecule has 0 bridgehead atoms. The van der Waals surface area contributed by atoms with Gasteiger partial charge in [0.25, 0.3) is 5.91 Å². The molecule has 3 aromatic carbocycles. The Balaban J connectivity index is 1.53. The molecule has 0 aliphatic carbocycles. The summed E-state index contributed by atoms with van der Waals surface area (Å²) in [5, 5.41) is 3.28. The van der Waals surface area contributed by atoms with Crippen molar-refractivity contribution in [1.82, 2.24) is 5.32 Å². The van der Waals surface area contributed by atoms with E-state index < -0.39 is 0 Å². The zero-order valence-corrected chi connectivity index (χ0v) is 17.0. The molecule has 5 nitrogen and oxygen atoms in total. The van der Waals surface area contributed by atoms with Gasteiger partial charge in [0.1, 0.15) is 5.75 Å². The first-order valence-corrected chi connectivity index (χ1v) is 9.44. The fraction of sp³-hybridized carbons (Fsp3) is 0.174. The van der Waals surface area contributed by atoms with Gasteiger partial charge >= 0.3 is 0 Å². The lowest BCUT2D eigenvalue weighted by molar-refractivity contribution is -0.123. The van der Waals surface area contributed by atoms with Crippen molar-refractivity contribution >= 4 is 17.5 Å². The third kappa shape index (κ3) is 5.42. The molecule has 0 aliphatic heterocycles. The van der Waals surface area contributed by atoms with Gasteiger partial charge in [-0.3, -0.25) is 4.79 Å². The molecule has 0 spiro atoms. The molecule has 3 aromatic rings. The maximum absolute atomic E-state index is 12.1. The second kappa shape index (κ2) is 9.85. The van der Waals surface area contributed by atoms with E-state index in [0.717, 1.165) is 16.7 Å². The Morgan fingerprint density at radius 3 is 2.17 bits per heavy atom. The molecule has 0 atom stereocenters. The molecule has 3 rings (SSSR count). The van der Waals surface area contributed by atoms with Crippen LogP contribution in [0.3, 0.4) is 0 Å². The Hall–Kier alpha value is -3.18. The number of benzene rings is 3. The highest BCUT2D eigenvalue weighted by Crippen LogP contribution is 2.33. The predicted octanol–water partition coefficient (Wildman–Crippen LogP) is 4.72. The van der Waals surface area contributed by atoms with E-state index in [9.17, 15) is 4.79 Å². The van der Waals surface area contributed by atoms with Crippen LogP contribution in [-0.2, 0) is 11.3 Å². The average molecular weight is 412 g/mol. The highest BCUT2D eigenvalue weighted by atomic mass is 35.5. The van der Waals surface area contributed by atoms with Crippen LogP contribution in [0.4, 0.5) is 0 Å². The molecule has 6 heteroatoms. The molecule has 0 aromatic heterocycles. The van der Waals surface area contributed by atoms with Gasteiger partial charge in [0.05, 0.1) is 14.2 Å². The van der Waals surface area contributed by atoms with Crippen LogP contribution in [0.2, 0.25) is 5.02 Å². The van der Waals surface area contributed by atoms with Crippen molar-refractivity contribution in [2.45, 2.75) is 6.54 Å². The minimum atomic E-state index is -0.247. The van der Waals surface area contributed by atoms with Crippen LogP contribution in [0, 0.1) is 0 Å². The first-order chi connectivity index (χ1) is 14.1. The van der Waals surface area contributed by atoms with Crippen molar-refractivity contribution in [3.8, 4) is 28.4 Å². The normalized spacial score (nSPS) is 10.3. The minimum absolute atomic E-state index is 0.0877. The predicted molar refractivity (Wildman–Crippen MR) is 114 cm³/mol. The van der Waals surface area contributed by atoms with E-state index in [1.54, 1.807) is 26.4 Å². The number of halogens is 1. The summed E-state index contributed by atoms with van der Waals surface area (Å²) in [6, 6.07) is 21.1. The summed E-state index contributed by atoms with van der Waals surface area (Å²) >= 11 is 6.24. The van der Waals surface area contributed by atoms with Gasteiger partial charge < -0.3 is 19.5 Å². The van der Waals surface area contributed by atoms with Crippen LogP contribution in [0.5, 0.6) is 17.2 Å². The number of rotatable bonds is 8. The van der Waals surface area contributed by atoms with E-state index in [1.807, 2.05) is 54.6 Å². The number of hydrogen-bond acceptors (Lipinski definition) is 4. The zero-order valence-electron chi connectivity index (χ0n) is 16.3. The van der Waals surface area contributed by atoms with Crippen LogP contribution < -0.4 is 19.5 Å². The van der Waals surface area contributed by atoms with Crippen molar-refractivity contribution in [1.29, 1.82) is 0 Å². The fourth-order valence-corrected chi connectivity index (χ4v) is 3.02. The van der Waals surface area contributed by atoms with E-state index in [0.29, 0.717) is 22.3 Å². The van der Waals surface area contributed by atoms with Crippen molar-refractivity contribution in [3.63, 3.8) is 0 Å². The minimum Gasteiger partial charge on any atom is -0.493 e. The van der Waals surface area contributed by atoms with Crippen molar-refractivity contribution in [2.24, 2.45) is 0 Å². The van der Waals surface area contributed by atoms with Crippen molar-refractivity contribution in [2.75, 3.05) is 20.8 Å². The van der Waals surface area contributed by atoms with Gasteiger partial charge in [-0.05, 0) is 34.9 Å². The van der Waals surface area contributed by atoms with E-state index in [4.69, 9.17) is 25.8 Å². The summed E-state index contributed by atoms with van der Waals surface area (Å²) in [5.41, 5.74) is 2.94. The maximum atomic E-state index is 12.1. The number of carbonyl (C=O) groups is 1. The second-order valence-corrected chi connectivity index (χ2v) is 6.66. The van der Waals surface area contributed by atoms with Crippen LogP contribution in [0.15, 0.2) is 66.7 Å². The van der Waals surface area contributed by atoms with Gasteiger partial charge in [0.15, 0.2) is 18.1 Å². The Morgan fingerprint density at radius 1 is 0.897 bits per heavy atom. The molecule has 0 unspecified atom stereocenters. The molecule has 0 aliphatic rings. The first-order valence-electron chi connectivity index (χ1n) is 9.06. The molecule has 0 heterocycles. The van der Waals surface area contributed by atoms with Crippen molar-refractivity contribution in [3.05, 3.63) is 77.3 Å². The lowest BCUT2D eigenvalue weighted by Gasteiger charge is -2.13. The molecule has 150 valence electrons. The zero-order chi connectivity index (χ0) is 20.6. The molecule has 0 radical (unpaired) electrons. The van der Waals surface area contributed by atoms with Crippen molar-refractivity contribution < 1.29 is 19.0 Å². The third-order valence-electron chi connectivity index (χ3n) is 4.36. The molecule has 0 saturated carbocycles. The monoisotopic (exact) mass is 411 g/mol. The molecular formula is C23H22ClNO4. The summed E-state index contributed by atoms with van der Waals surface area (Å²) in [4.78, 5) is 12.1. The van der Waals surface area contributed by atoms with Gasteiger partial charge in [-0.25, -0.2) is 0 Å². The van der Waals surface area contributed by atoms with E-state index in [1.165, 1.54) is 0 Å². The Kier molecular flexibility index (Phi) is 6.98. The molecule has 1 N–H and O–H groups in total. The quantitative estimate of drug-likeness (QED) is 0.582.